The van der Waals surface area contributed by atoms with Crippen molar-refractivity contribution >= 4 is 39.4 Å². The maximum absolute atomic E-state index is 12.3. The molecule has 0 radical (unpaired) electrons. The third-order valence-corrected chi connectivity index (χ3v) is 6.32. The molecule has 1 fully saturated rings. The predicted molar refractivity (Wildman–Crippen MR) is 83.6 cm³/mol. The summed E-state index contributed by atoms with van der Waals surface area (Å²) in [7, 11) is -3.80. The first-order valence-electron chi connectivity index (χ1n) is 6.50. The molecule has 2 rings (SSSR count). The van der Waals surface area contributed by atoms with E-state index >= 15 is 0 Å². The van der Waals surface area contributed by atoms with E-state index in [1.807, 2.05) is 11.8 Å². The van der Waals surface area contributed by atoms with Crippen LogP contribution < -0.4 is 4.72 Å². The highest BCUT2D eigenvalue weighted by atomic mass is 35.5. The second-order valence-corrected chi connectivity index (χ2v) is 8.23. The molecule has 1 aliphatic heterocycles. The average Bonchev–Trinajstić information content (AvgIpc) is 2.46. The molecule has 21 heavy (non-hydrogen) atoms. The van der Waals surface area contributed by atoms with Crippen LogP contribution in [0.1, 0.15) is 23.2 Å². The number of carboxylic acid groups (broad SMARTS) is 1. The number of rotatable bonds is 5. The van der Waals surface area contributed by atoms with Gasteiger partial charge in [-0.15, -0.1) is 0 Å². The number of benzene rings is 1. The van der Waals surface area contributed by atoms with Crippen molar-refractivity contribution in [3.8, 4) is 0 Å². The molecule has 8 heteroatoms. The summed E-state index contributed by atoms with van der Waals surface area (Å²) >= 11 is 7.76. The zero-order valence-electron chi connectivity index (χ0n) is 11.2. The van der Waals surface area contributed by atoms with Crippen molar-refractivity contribution in [2.75, 3.05) is 18.1 Å². The van der Waals surface area contributed by atoms with Gasteiger partial charge in [0.05, 0.1) is 10.6 Å². The van der Waals surface area contributed by atoms with Crippen LogP contribution in [0.5, 0.6) is 0 Å². The van der Waals surface area contributed by atoms with E-state index < -0.39 is 16.0 Å². The topological polar surface area (TPSA) is 83.5 Å². The minimum atomic E-state index is -3.80. The van der Waals surface area contributed by atoms with Crippen LogP contribution in [-0.4, -0.2) is 37.5 Å². The van der Waals surface area contributed by atoms with Gasteiger partial charge in [-0.1, -0.05) is 11.6 Å². The Kier molecular flexibility index (Phi) is 5.54. The van der Waals surface area contributed by atoms with Crippen LogP contribution in [0.15, 0.2) is 23.1 Å². The van der Waals surface area contributed by atoms with Gasteiger partial charge in [-0.05, 0) is 48.5 Å². The van der Waals surface area contributed by atoms with Crippen LogP contribution in [0.2, 0.25) is 5.02 Å². The second kappa shape index (κ2) is 7.00. The lowest BCUT2D eigenvalue weighted by Crippen LogP contribution is -2.31. The maximum atomic E-state index is 12.3. The molecule has 0 atom stereocenters. The number of aromatic carboxylic acids is 1. The fourth-order valence-electron chi connectivity index (χ4n) is 2.10. The lowest BCUT2D eigenvalue weighted by atomic mass is 10.0. The Labute approximate surface area is 133 Å². The molecule has 1 saturated heterocycles. The van der Waals surface area contributed by atoms with E-state index in [9.17, 15) is 13.2 Å². The molecule has 1 aromatic rings. The van der Waals surface area contributed by atoms with Gasteiger partial charge in [0, 0.05) is 6.54 Å². The van der Waals surface area contributed by atoms with E-state index in [4.69, 9.17) is 16.7 Å². The number of carboxylic acids is 1. The van der Waals surface area contributed by atoms with Crippen molar-refractivity contribution in [3.63, 3.8) is 0 Å². The Morgan fingerprint density at radius 1 is 1.38 bits per heavy atom. The first-order valence-corrected chi connectivity index (χ1v) is 9.52. The van der Waals surface area contributed by atoms with E-state index in [1.54, 1.807) is 0 Å². The van der Waals surface area contributed by atoms with Gasteiger partial charge in [0.25, 0.3) is 0 Å². The van der Waals surface area contributed by atoms with Crippen molar-refractivity contribution < 1.29 is 18.3 Å². The summed E-state index contributed by atoms with van der Waals surface area (Å²) in [6.45, 7) is 0.358. The molecular formula is C13H16ClNO4S2. The molecule has 0 aliphatic carbocycles. The van der Waals surface area contributed by atoms with Gasteiger partial charge in [0.15, 0.2) is 0 Å². The summed E-state index contributed by atoms with van der Waals surface area (Å²) in [5.41, 5.74) is -0.103. The summed E-state index contributed by atoms with van der Waals surface area (Å²) in [6.07, 6.45) is 1.96. The molecule has 0 saturated carbocycles. The molecule has 1 heterocycles. The summed E-state index contributed by atoms with van der Waals surface area (Å²) in [4.78, 5) is 10.8. The highest BCUT2D eigenvalue weighted by Crippen LogP contribution is 2.25. The second-order valence-electron chi connectivity index (χ2n) is 4.86. The van der Waals surface area contributed by atoms with Gasteiger partial charge in [-0.3, -0.25) is 0 Å². The van der Waals surface area contributed by atoms with Crippen molar-refractivity contribution in [2.45, 2.75) is 17.7 Å². The molecular weight excluding hydrogens is 334 g/mol. The van der Waals surface area contributed by atoms with Gasteiger partial charge in [0.2, 0.25) is 10.0 Å². The molecule has 0 aromatic heterocycles. The Hall–Kier alpha value is -0.760. The van der Waals surface area contributed by atoms with Crippen LogP contribution >= 0.6 is 23.4 Å². The van der Waals surface area contributed by atoms with Gasteiger partial charge in [0.1, 0.15) is 4.90 Å². The van der Waals surface area contributed by atoms with E-state index in [0.717, 1.165) is 30.4 Å². The molecule has 0 bridgehead atoms. The molecule has 5 nitrogen and oxygen atoms in total. The summed E-state index contributed by atoms with van der Waals surface area (Å²) in [6, 6.07) is 3.66. The Bertz CT molecular complexity index is 627. The molecule has 2 N–H and O–H groups in total. The van der Waals surface area contributed by atoms with Gasteiger partial charge in [-0.25, -0.2) is 17.9 Å². The Balaban J connectivity index is 2.14. The molecule has 1 aromatic carbocycles. The zero-order valence-corrected chi connectivity index (χ0v) is 13.6. The Morgan fingerprint density at radius 3 is 2.67 bits per heavy atom. The number of sulfonamides is 1. The molecule has 1 aliphatic rings. The Morgan fingerprint density at radius 2 is 2.05 bits per heavy atom. The minimum Gasteiger partial charge on any atom is -0.478 e. The van der Waals surface area contributed by atoms with E-state index in [1.165, 1.54) is 12.1 Å². The number of halogens is 1. The summed E-state index contributed by atoms with van der Waals surface area (Å²) in [5, 5.41) is 8.96. The maximum Gasteiger partial charge on any atom is 0.335 e. The average molecular weight is 350 g/mol. The third kappa shape index (κ3) is 4.35. The first-order chi connectivity index (χ1) is 9.90. The van der Waals surface area contributed by atoms with Crippen LogP contribution in [0.25, 0.3) is 0 Å². The lowest BCUT2D eigenvalue weighted by Gasteiger charge is -2.21. The van der Waals surface area contributed by atoms with Crippen LogP contribution in [0.4, 0.5) is 0 Å². The van der Waals surface area contributed by atoms with E-state index in [-0.39, 0.29) is 15.5 Å². The molecule has 0 unspecified atom stereocenters. The van der Waals surface area contributed by atoms with E-state index in [0.29, 0.717) is 12.5 Å². The van der Waals surface area contributed by atoms with Gasteiger partial charge >= 0.3 is 5.97 Å². The number of hydrogen-bond acceptors (Lipinski definition) is 4. The molecule has 116 valence electrons. The van der Waals surface area contributed by atoms with Crippen molar-refractivity contribution in [2.24, 2.45) is 5.92 Å². The fraction of sp³-hybridized carbons (Fsp3) is 0.462. The zero-order chi connectivity index (χ0) is 15.5. The van der Waals surface area contributed by atoms with Gasteiger partial charge < -0.3 is 5.11 Å². The van der Waals surface area contributed by atoms with Crippen molar-refractivity contribution in [1.29, 1.82) is 0 Å². The van der Waals surface area contributed by atoms with E-state index in [2.05, 4.69) is 4.72 Å². The SMILES string of the molecule is O=C(O)c1ccc(Cl)c(S(=O)(=O)NCC2CCSCC2)c1. The number of hydrogen-bond donors (Lipinski definition) is 2. The number of thioether (sulfide) groups is 1. The highest BCUT2D eigenvalue weighted by Gasteiger charge is 2.22. The summed E-state index contributed by atoms with van der Waals surface area (Å²) in [5.74, 6) is 1.22. The van der Waals surface area contributed by atoms with Crippen LogP contribution in [0, 0.1) is 5.92 Å². The quantitative estimate of drug-likeness (QED) is 0.853. The fourth-order valence-corrected chi connectivity index (χ4v) is 4.94. The van der Waals surface area contributed by atoms with Gasteiger partial charge in [-0.2, -0.15) is 11.8 Å². The van der Waals surface area contributed by atoms with Crippen LogP contribution in [-0.2, 0) is 10.0 Å². The third-order valence-electron chi connectivity index (χ3n) is 3.37. The normalized spacial score (nSPS) is 16.8. The summed E-state index contributed by atoms with van der Waals surface area (Å²) < 4.78 is 27.1. The van der Waals surface area contributed by atoms with Crippen molar-refractivity contribution in [3.05, 3.63) is 28.8 Å². The minimum absolute atomic E-state index is 0.0201. The standard InChI is InChI=1S/C13H16ClNO4S2/c14-11-2-1-10(13(16)17)7-12(11)21(18,19)15-8-9-3-5-20-6-4-9/h1-2,7,9,15H,3-6,8H2,(H,16,17). The monoisotopic (exact) mass is 349 g/mol. The lowest BCUT2D eigenvalue weighted by molar-refractivity contribution is 0.0696. The number of nitrogens with one attached hydrogen (secondary N) is 1. The van der Waals surface area contributed by atoms with Crippen LogP contribution in [0.3, 0.4) is 0 Å². The smallest absolute Gasteiger partial charge is 0.335 e. The highest BCUT2D eigenvalue weighted by molar-refractivity contribution is 7.99. The first kappa shape index (κ1) is 16.6. The predicted octanol–water partition coefficient (Wildman–Crippen LogP) is 2.46. The molecule has 0 spiro atoms. The van der Waals surface area contributed by atoms with Crippen molar-refractivity contribution in [1.82, 2.24) is 4.72 Å². The number of carbonyl (C=O) groups is 1. The molecule has 0 amide bonds. The largest absolute Gasteiger partial charge is 0.478 e.